The second kappa shape index (κ2) is 2.80. The topological polar surface area (TPSA) is 23.5 Å². The van der Waals surface area contributed by atoms with Crippen LogP contribution >= 0.6 is 0 Å². The molecule has 1 N–H and O–H groups in total. The lowest BCUT2D eigenvalue weighted by molar-refractivity contribution is 0.502. The highest BCUT2D eigenvalue weighted by Gasteiger charge is 2.18. The monoisotopic (exact) mass is 175 g/mol. The smallest absolute Gasteiger partial charge is 0.125 e. The van der Waals surface area contributed by atoms with Crippen molar-refractivity contribution in [3.8, 4) is 0 Å². The Hall–Kier alpha value is -1.44. The third kappa shape index (κ3) is 1.18. The van der Waals surface area contributed by atoms with Crippen molar-refractivity contribution in [2.45, 2.75) is 6.92 Å². The summed E-state index contributed by atoms with van der Waals surface area (Å²) >= 11 is 0. The number of hydrogen-bond donors (Lipinski definition) is 1. The molecule has 1 aliphatic heterocycles. The van der Waals surface area contributed by atoms with Crippen molar-refractivity contribution in [3.63, 3.8) is 0 Å². The third-order valence-electron chi connectivity index (χ3n) is 2.45. The molecule has 0 unspecified atom stereocenters. The van der Waals surface area contributed by atoms with Gasteiger partial charge in [0.1, 0.15) is 5.76 Å². The number of fused-ring (bicyclic) bond motifs is 1. The Labute approximate surface area is 78.1 Å². The van der Waals surface area contributed by atoms with Crippen LogP contribution in [0.4, 0.5) is 5.69 Å². The molecule has 2 rings (SSSR count). The molecule has 0 atom stereocenters. The summed E-state index contributed by atoms with van der Waals surface area (Å²) in [4.78, 5) is 2.14. The van der Waals surface area contributed by atoms with Gasteiger partial charge in [0.2, 0.25) is 0 Å². The average Bonchev–Trinajstić information content (AvgIpc) is 2.15. The van der Waals surface area contributed by atoms with Crippen LogP contribution in [0.25, 0.3) is 5.76 Å². The van der Waals surface area contributed by atoms with E-state index in [2.05, 4.69) is 4.90 Å². The predicted molar refractivity (Wildman–Crippen MR) is 54.9 cm³/mol. The number of anilines is 1. The summed E-state index contributed by atoms with van der Waals surface area (Å²) in [5.41, 5.74) is 3.07. The van der Waals surface area contributed by atoms with Gasteiger partial charge >= 0.3 is 0 Å². The molecule has 1 heterocycles. The maximum atomic E-state index is 9.80. The molecule has 68 valence electrons. The summed E-state index contributed by atoms with van der Waals surface area (Å²) in [5, 5.41) is 9.80. The molecule has 1 aliphatic rings. The van der Waals surface area contributed by atoms with E-state index in [-0.39, 0.29) is 0 Å². The van der Waals surface area contributed by atoms with Gasteiger partial charge in [-0.25, -0.2) is 0 Å². The van der Waals surface area contributed by atoms with Crippen molar-refractivity contribution in [2.24, 2.45) is 0 Å². The molecule has 0 saturated heterocycles. The maximum absolute atomic E-state index is 9.80. The van der Waals surface area contributed by atoms with Gasteiger partial charge in [-0.2, -0.15) is 0 Å². The van der Waals surface area contributed by atoms with Crippen LogP contribution in [0.1, 0.15) is 12.5 Å². The zero-order valence-electron chi connectivity index (χ0n) is 7.91. The molecule has 0 bridgehead atoms. The SMILES string of the molecule is CC1=C(O)c2ccccc2N(C)C1. The normalized spacial score (nSPS) is 16.0. The van der Waals surface area contributed by atoms with Gasteiger partial charge in [0, 0.05) is 24.8 Å². The Kier molecular flexibility index (Phi) is 1.76. The molecular formula is C11H13NO. The number of benzene rings is 1. The van der Waals surface area contributed by atoms with Gasteiger partial charge in [-0.3, -0.25) is 0 Å². The molecule has 0 aromatic heterocycles. The quantitative estimate of drug-likeness (QED) is 0.654. The second-order valence-corrected chi connectivity index (χ2v) is 3.50. The van der Waals surface area contributed by atoms with Gasteiger partial charge in [0.15, 0.2) is 0 Å². The fourth-order valence-electron chi connectivity index (χ4n) is 1.75. The fraction of sp³-hybridized carbons (Fsp3) is 0.273. The van der Waals surface area contributed by atoms with E-state index < -0.39 is 0 Å². The highest BCUT2D eigenvalue weighted by atomic mass is 16.3. The number of aliphatic hydroxyl groups excluding tert-OH is 1. The molecule has 0 amide bonds. The molecular weight excluding hydrogens is 162 g/mol. The van der Waals surface area contributed by atoms with E-state index in [0.29, 0.717) is 5.76 Å². The molecule has 2 nitrogen and oxygen atoms in total. The summed E-state index contributed by atoms with van der Waals surface area (Å²) in [6.07, 6.45) is 0. The van der Waals surface area contributed by atoms with E-state index in [1.54, 1.807) is 0 Å². The Morgan fingerprint density at radius 2 is 2.00 bits per heavy atom. The maximum Gasteiger partial charge on any atom is 0.125 e. The second-order valence-electron chi connectivity index (χ2n) is 3.50. The first-order chi connectivity index (χ1) is 6.20. The predicted octanol–water partition coefficient (Wildman–Crippen LogP) is 2.43. The Morgan fingerprint density at radius 1 is 1.31 bits per heavy atom. The minimum atomic E-state index is 0.439. The zero-order chi connectivity index (χ0) is 9.42. The van der Waals surface area contributed by atoms with Crippen molar-refractivity contribution < 1.29 is 5.11 Å². The lowest BCUT2D eigenvalue weighted by Gasteiger charge is -2.27. The first-order valence-electron chi connectivity index (χ1n) is 4.39. The van der Waals surface area contributed by atoms with Gasteiger partial charge in [-0.1, -0.05) is 12.1 Å². The van der Waals surface area contributed by atoms with E-state index in [4.69, 9.17) is 0 Å². The molecule has 0 aliphatic carbocycles. The highest BCUT2D eigenvalue weighted by Crippen LogP contribution is 2.31. The Balaban J connectivity index is 2.62. The number of rotatable bonds is 0. The number of hydrogen-bond acceptors (Lipinski definition) is 2. The van der Waals surface area contributed by atoms with E-state index in [1.165, 1.54) is 0 Å². The lowest BCUT2D eigenvalue weighted by Crippen LogP contribution is -2.24. The van der Waals surface area contributed by atoms with Crippen LogP contribution in [0.15, 0.2) is 29.8 Å². The minimum absolute atomic E-state index is 0.439. The summed E-state index contributed by atoms with van der Waals surface area (Å²) in [6.45, 7) is 2.77. The number of para-hydroxylation sites is 1. The van der Waals surface area contributed by atoms with Crippen LogP contribution in [0.3, 0.4) is 0 Å². The van der Waals surface area contributed by atoms with Crippen molar-refractivity contribution in [1.82, 2.24) is 0 Å². The van der Waals surface area contributed by atoms with E-state index >= 15 is 0 Å². The van der Waals surface area contributed by atoms with Crippen molar-refractivity contribution in [1.29, 1.82) is 0 Å². The molecule has 0 fully saturated rings. The van der Waals surface area contributed by atoms with Crippen LogP contribution in [-0.2, 0) is 0 Å². The van der Waals surface area contributed by atoms with Gasteiger partial charge < -0.3 is 10.0 Å². The first-order valence-corrected chi connectivity index (χ1v) is 4.39. The van der Waals surface area contributed by atoms with Gasteiger partial charge in [-0.05, 0) is 24.6 Å². The number of nitrogens with zero attached hydrogens (tertiary/aromatic N) is 1. The molecule has 0 saturated carbocycles. The lowest BCUT2D eigenvalue weighted by atomic mass is 10.0. The largest absolute Gasteiger partial charge is 0.507 e. The molecule has 2 heteroatoms. The Bertz CT molecular complexity index is 368. The van der Waals surface area contributed by atoms with Crippen molar-refractivity contribution in [2.75, 3.05) is 18.5 Å². The van der Waals surface area contributed by atoms with Crippen LogP contribution in [0.2, 0.25) is 0 Å². The first kappa shape index (κ1) is 8.17. The van der Waals surface area contributed by atoms with Crippen LogP contribution in [0.5, 0.6) is 0 Å². The number of likely N-dealkylation sites (N-methyl/N-ethyl adjacent to an activating group) is 1. The number of aliphatic hydroxyl groups is 1. The molecule has 1 aromatic rings. The average molecular weight is 175 g/mol. The highest BCUT2D eigenvalue weighted by molar-refractivity contribution is 5.77. The summed E-state index contributed by atoms with van der Waals surface area (Å²) in [7, 11) is 2.04. The molecule has 1 aromatic carbocycles. The third-order valence-corrected chi connectivity index (χ3v) is 2.45. The van der Waals surface area contributed by atoms with Gasteiger partial charge in [0.05, 0.1) is 0 Å². The zero-order valence-corrected chi connectivity index (χ0v) is 7.91. The van der Waals surface area contributed by atoms with Crippen molar-refractivity contribution >= 4 is 11.4 Å². The standard InChI is InChI=1S/C11H13NO/c1-8-7-12(2)10-6-4-3-5-9(10)11(8)13/h3-6,13H,7H2,1-2H3. The Morgan fingerprint density at radius 3 is 2.77 bits per heavy atom. The minimum Gasteiger partial charge on any atom is -0.507 e. The van der Waals surface area contributed by atoms with Crippen molar-refractivity contribution in [3.05, 3.63) is 35.4 Å². The fourth-order valence-corrected chi connectivity index (χ4v) is 1.75. The summed E-state index contributed by atoms with van der Waals surface area (Å²) in [6, 6.07) is 7.91. The molecule has 13 heavy (non-hydrogen) atoms. The van der Waals surface area contributed by atoms with E-state index in [0.717, 1.165) is 23.4 Å². The summed E-state index contributed by atoms with van der Waals surface area (Å²) in [5.74, 6) is 0.439. The van der Waals surface area contributed by atoms with Gasteiger partial charge in [0.25, 0.3) is 0 Å². The molecule has 0 spiro atoms. The van der Waals surface area contributed by atoms with Crippen LogP contribution in [-0.4, -0.2) is 18.7 Å². The van der Waals surface area contributed by atoms with Crippen LogP contribution < -0.4 is 4.90 Å². The summed E-state index contributed by atoms with van der Waals surface area (Å²) < 4.78 is 0. The van der Waals surface area contributed by atoms with Crippen LogP contribution in [0, 0.1) is 0 Å². The molecule has 0 radical (unpaired) electrons. The van der Waals surface area contributed by atoms with E-state index in [9.17, 15) is 5.11 Å². The van der Waals surface area contributed by atoms with E-state index in [1.807, 2.05) is 38.2 Å². The van der Waals surface area contributed by atoms with Gasteiger partial charge in [-0.15, -0.1) is 0 Å².